The summed E-state index contributed by atoms with van der Waals surface area (Å²) in [6, 6.07) is 24.3. The van der Waals surface area contributed by atoms with E-state index in [1.807, 2.05) is 36.4 Å². The van der Waals surface area contributed by atoms with Gasteiger partial charge in [-0.05, 0) is 24.1 Å². The Morgan fingerprint density at radius 3 is 2.29 bits per heavy atom. The Kier molecular flexibility index (Phi) is 7.34. The van der Waals surface area contributed by atoms with Crippen molar-refractivity contribution in [3.63, 3.8) is 0 Å². The number of hydrogen-bond acceptors (Lipinski definition) is 2. The van der Waals surface area contributed by atoms with Crippen LogP contribution in [0.2, 0.25) is 0 Å². The molecule has 0 aliphatic rings. The summed E-state index contributed by atoms with van der Waals surface area (Å²) in [5.74, 6) is -2.28. The maximum Gasteiger partial charge on any atom is 0.309 e. The Morgan fingerprint density at radius 1 is 0.968 bits per heavy atom. The fraction of sp³-hybridized carbons (Fsp3) is 0.115. The van der Waals surface area contributed by atoms with Gasteiger partial charge in [-0.1, -0.05) is 90.5 Å². The Labute approximate surface area is 181 Å². The van der Waals surface area contributed by atoms with Gasteiger partial charge in [0.2, 0.25) is 0 Å². The molecule has 0 aromatic heterocycles. The van der Waals surface area contributed by atoms with Crippen molar-refractivity contribution in [3.8, 4) is 0 Å². The molecule has 0 fully saturated rings. The van der Waals surface area contributed by atoms with E-state index in [4.69, 9.17) is 6.57 Å². The van der Waals surface area contributed by atoms with Crippen molar-refractivity contribution in [1.82, 2.24) is 5.32 Å². The largest absolute Gasteiger partial charge is 0.481 e. The van der Waals surface area contributed by atoms with E-state index in [9.17, 15) is 14.7 Å². The number of nitrogens with zero attached hydrogens (tertiary/aromatic N) is 1. The lowest BCUT2D eigenvalue weighted by Gasteiger charge is -2.23. The fourth-order valence-corrected chi connectivity index (χ4v) is 3.26. The first-order valence-electron chi connectivity index (χ1n) is 9.85. The molecule has 3 aromatic rings. The molecule has 0 aliphatic carbocycles. The predicted molar refractivity (Wildman–Crippen MR) is 121 cm³/mol. The van der Waals surface area contributed by atoms with Crippen LogP contribution in [0.5, 0.6) is 0 Å². The number of carboxylic acids is 1. The molecule has 0 aliphatic heterocycles. The van der Waals surface area contributed by atoms with E-state index in [-0.39, 0.29) is 12.3 Å². The van der Waals surface area contributed by atoms with Crippen molar-refractivity contribution >= 4 is 23.6 Å². The molecular weight excluding hydrogens is 388 g/mol. The van der Waals surface area contributed by atoms with E-state index < -0.39 is 17.9 Å². The molecule has 154 valence electrons. The standard InChI is InChI=1S/C26H22N2O3/c1-27-22-14-8-11-20(17-22)18-23(26(30)31)24(16-15-19-9-4-2-5-10-19)28-25(29)21-12-6-3-7-13-21/h2-17,23-24H,18H2,(H,28,29)(H,30,31)/b16-15+. The van der Waals surface area contributed by atoms with E-state index in [1.54, 1.807) is 60.7 Å². The fourth-order valence-electron chi connectivity index (χ4n) is 3.26. The Balaban J connectivity index is 1.90. The van der Waals surface area contributed by atoms with Crippen LogP contribution in [0.15, 0.2) is 91.0 Å². The first-order chi connectivity index (χ1) is 15.1. The van der Waals surface area contributed by atoms with Gasteiger partial charge in [-0.25, -0.2) is 4.85 Å². The van der Waals surface area contributed by atoms with Crippen molar-refractivity contribution in [2.75, 3.05) is 0 Å². The van der Waals surface area contributed by atoms with Gasteiger partial charge >= 0.3 is 5.97 Å². The summed E-state index contributed by atoms with van der Waals surface area (Å²) >= 11 is 0. The molecular formula is C26H22N2O3. The van der Waals surface area contributed by atoms with Crippen molar-refractivity contribution in [3.05, 3.63) is 119 Å². The van der Waals surface area contributed by atoms with Gasteiger partial charge in [0, 0.05) is 5.56 Å². The van der Waals surface area contributed by atoms with Gasteiger partial charge in [0.1, 0.15) is 0 Å². The molecule has 31 heavy (non-hydrogen) atoms. The average Bonchev–Trinajstić information content (AvgIpc) is 2.81. The van der Waals surface area contributed by atoms with Gasteiger partial charge in [-0.2, -0.15) is 0 Å². The number of nitrogens with one attached hydrogen (secondary N) is 1. The molecule has 2 atom stereocenters. The number of benzene rings is 3. The molecule has 0 radical (unpaired) electrons. The van der Waals surface area contributed by atoms with Crippen molar-refractivity contribution < 1.29 is 14.7 Å². The quantitative estimate of drug-likeness (QED) is 0.514. The van der Waals surface area contributed by atoms with E-state index in [1.165, 1.54) is 0 Å². The highest BCUT2D eigenvalue weighted by Crippen LogP contribution is 2.20. The molecule has 0 spiro atoms. The van der Waals surface area contributed by atoms with Crippen LogP contribution in [0.25, 0.3) is 10.9 Å². The third kappa shape index (κ3) is 6.15. The Bertz CT molecular complexity index is 1100. The van der Waals surface area contributed by atoms with E-state index >= 15 is 0 Å². The molecule has 0 bridgehead atoms. The summed E-state index contributed by atoms with van der Waals surface area (Å²) in [6.45, 7) is 7.18. The van der Waals surface area contributed by atoms with Gasteiger partial charge < -0.3 is 10.4 Å². The summed E-state index contributed by atoms with van der Waals surface area (Å²) in [5.41, 5.74) is 2.54. The SMILES string of the molecule is [C-]#[N+]c1cccc(CC(C(=O)O)C(/C=C/c2ccccc2)NC(=O)c2ccccc2)c1. The normalized spacial score (nSPS) is 12.6. The summed E-state index contributed by atoms with van der Waals surface area (Å²) in [5, 5.41) is 12.8. The highest BCUT2D eigenvalue weighted by atomic mass is 16.4. The second kappa shape index (κ2) is 10.6. The van der Waals surface area contributed by atoms with Crippen LogP contribution >= 0.6 is 0 Å². The van der Waals surface area contributed by atoms with Gasteiger partial charge in [0.15, 0.2) is 5.69 Å². The number of hydrogen-bond donors (Lipinski definition) is 2. The predicted octanol–water partition coefficient (Wildman–Crippen LogP) is 4.99. The highest BCUT2D eigenvalue weighted by Gasteiger charge is 2.28. The van der Waals surface area contributed by atoms with Gasteiger partial charge in [0.25, 0.3) is 5.91 Å². The minimum absolute atomic E-state index is 0.178. The van der Waals surface area contributed by atoms with Crippen LogP contribution in [-0.4, -0.2) is 23.0 Å². The van der Waals surface area contributed by atoms with Crippen LogP contribution < -0.4 is 5.32 Å². The second-order valence-electron chi connectivity index (χ2n) is 7.07. The molecule has 3 aromatic carbocycles. The molecule has 5 nitrogen and oxygen atoms in total. The number of amides is 1. The number of carboxylic acid groups (broad SMARTS) is 1. The summed E-state index contributed by atoms with van der Waals surface area (Å²) in [4.78, 5) is 28.4. The molecule has 2 N–H and O–H groups in total. The molecule has 1 amide bonds. The molecule has 0 saturated heterocycles. The van der Waals surface area contributed by atoms with E-state index in [0.29, 0.717) is 11.3 Å². The molecule has 0 heterocycles. The second-order valence-corrected chi connectivity index (χ2v) is 7.07. The first kappa shape index (κ1) is 21.5. The lowest BCUT2D eigenvalue weighted by atomic mass is 9.91. The molecule has 2 unspecified atom stereocenters. The van der Waals surface area contributed by atoms with Crippen LogP contribution in [0.4, 0.5) is 5.69 Å². The summed E-state index contributed by atoms with van der Waals surface area (Å²) in [6.07, 6.45) is 3.70. The zero-order valence-corrected chi connectivity index (χ0v) is 16.8. The molecule has 0 saturated carbocycles. The number of rotatable bonds is 8. The zero-order chi connectivity index (χ0) is 22.1. The average molecular weight is 410 g/mol. The minimum atomic E-state index is -1.02. The van der Waals surface area contributed by atoms with Crippen LogP contribution in [0, 0.1) is 12.5 Å². The van der Waals surface area contributed by atoms with Crippen LogP contribution in [0.1, 0.15) is 21.5 Å². The Hall–Kier alpha value is -4.17. The maximum absolute atomic E-state index is 12.8. The van der Waals surface area contributed by atoms with Gasteiger partial charge in [-0.15, -0.1) is 0 Å². The van der Waals surface area contributed by atoms with Crippen molar-refractivity contribution in [2.45, 2.75) is 12.5 Å². The lowest BCUT2D eigenvalue weighted by Crippen LogP contribution is -2.43. The zero-order valence-electron chi connectivity index (χ0n) is 16.8. The third-order valence-electron chi connectivity index (χ3n) is 4.88. The first-order valence-corrected chi connectivity index (χ1v) is 9.85. The number of aliphatic carboxylic acids is 1. The van der Waals surface area contributed by atoms with Gasteiger partial charge in [-0.3, -0.25) is 9.59 Å². The number of carbonyl (C=O) groups excluding carboxylic acids is 1. The maximum atomic E-state index is 12.8. The highest BCUT2D eigenvalue weighted by molar-refractivity contribution is 5.95. The van der Waals surface area contributed by atoms with Crippen LogP contribution in [-0.2, 0) is 11.2 Å². The number of carbonyl (C=O) groups is 2. The third-order valence-corrected chi connectivity index (χ3v) is 4.88. The van der Waals surface area contributed by atoms with E-state index in [2.05, 4.69) is 10.2 Å². The monoisotopic (exact) mass is 410 g/mol. The van der Waals surface area contributed by atoms with Crippen molar-refractivity contribution in [2.24, 2.45) is 5.92 Å². The molecule has 3 rings (SSSR count). The summed E-state index contributed by atoms with van der Waals surface area (Å²) in [7, 11) is 0. The van der Waals surface area contributed by atoms with Crippen molar-refractivity contribution in [1.29, 1.82) is 0 Å². The lowest BCUT2D eigenvalue weighted by molar-refractivity contribution is -0.142. The van der Waals surface area contributed by atoms with Gasteiger partial charge in [0.05, 0.1) is 18.5 Å². The minimum Gasteiger partial charge on any atom is -0.481 e. The Morgan fingerprint density at radius 2 is 1.65 bits per heavy atom. The van der Waals surface area contributed by atoms with Crippen LogP contribution in [0.3, 0.4) is 0 Å². The topological polar surface area (TPSA) is 70.8 Å². The smallest absolute Gasteiger partial charge is 0.309 e. The summed E-state index contributed by atoms with van der Waals surface area (Å²) < 4.78 is 0. The van der Waals surface area contributed by atoms with E-state index in [0.717, 1.165) is 11.1 Å². The molecule has 5 heteroatoms.